The van der Waals surface area contributed by atoms with E-state index in [-0.39, 0.29) is 16.7 Å². The molecule has 0 bridgehead atoms. The Hall–Kier alpha value is -1.08. The molecule has 1 N–H and O–H groups in total. The molecule has 1 amide bonds. The lowest BCUT2D eigenvalue weighted by atomic mass is 10.1. The summed E-state index contributed by atoms with van der Waals surface area (Å²) in [4.78, 5) is 12.8. The average molecular weight is 364 g/mol. The predicted octanol–water partition coefficient (Wildman–Crippen LogP) is 3.57. The molecule has 0 atom stereocenters. The third-order valence-electron chi connectivity index (χ3n) is 2.74. The van der Waals surface area contributed by atoms with Gasteiger partial charge in [-0.15, -0.1) is 11.3 Å². The van der Waals surface area contributed by atoms with E-state index in [0.29, 0.717) is 15.5 Å². The van der Waals surface area contributed by atoms with Crippen molar-refractivity contribution in [2.24, 2.45) is 0 Å². The summed E-state index contributed by atoms with van der Waals surface area (Å²) < 4.78 is 22.4. The summed E-state index contributed by atoms with van der Waals surface area (Å²) in [7, 11) is 1.52. The van der Waals surface area contributed by atoms with E-state index in [1.165, 1.54) is 6.07 Å². The molecule has 112 valence electrons. The van der Waals surface area contributed by atoms with Crippen molar-refractivity contribution < 1.29 is 13.2 Å². The van der Waals surface area contributed by atoms with Gasteiger partial charge in [0, 0.05) is 26.1 Å². The second-order valence-electron chi connectivity index (χ2n) is 4.30. The molecule has 1 aromatic heterocycles. The zero-order valence-corrected chi connectivity index (χ0v) is 14.0. The van der Waals surface area contributed by atoms with Crippen molar-refractivity contribution in [2.75, 3.05) is 0 Å². The number of amides is 1. The largest absolute Gasteiger partial charge is 0.347 e. The molecule has 0 aliphatic heterocycles. The highest BCUT2D eigenvalue weighted by atomic mass is 35.7. The molecule has 1 aromatic carbocycles. The smallest absolute Gasteiger partial charge is 0.270 e. The molecule has 0 aliphatic carbocycles. The van der Waals surface area contributed by atoms with Crippen LogP contribution in [0.25, 0.3) is 0 Å². The molecular formula is C13H11Cl2NO3S2. The second kappa shape index (κ2) is 6.36. The van der Waals surface area contributed by atoms with E-state index in [4.69, 9.17) is 22.3 Å². The summed E-state index contributed by atoms with van der Waals surface area (Å²) in [6.07, 6.45) is 0. The summed E-state index contributed by atoms with van der Waals surface area (Å²) >= 11 is 6.90. The maximum atomic E-state index is 12.1. The molecule has 2 aromatic rings. The molecule has 0 saturated carbocycles. The van der Waals surface area contributed by atoms with Crippen molar-refractivity contribution in [3.05, 3.63) is 51.4 Å². The molecule has 21 heavy (non-hydrogen) atoms. The summed E-state index contributed by atoms with van der Waals surface area (Å²) in [6, 6.07) is 8.10. The van der Waals surface area contributed by atoms with E-state index in [9.17, 15) is 13.2 Å². The second-order valence-corrected chi connectivity index (χ2v) is 8.70. The Morgan fingerprint density at radius 1 is 1.29 bits per heavy atom. The van der Waals surface area contributed by atoms with E-state index < -0.39 is 9.05 Å². The summed E-state index contributed by atoms with van der Waals surface area (Å²) in [6.45, 7) is 2.04. The average Bonchev–Trinajstić information content (AvgIpc) is 2.87. The highest BCUT2D eigenvalue weighted by Gasteiger charge is 2.14. The summed E-state index contributed by atoms with van der Waals surface area (Å²) in [5.74, 6) is -0.265. The lowest BCUT2D eigenvalue weighted by Gasteiger charge is -2.07. The fourth-order valence-corrected chi connectivity index (χ4v) is 3.92. The van der Waals surface area contributed by atoms with Gasteiger partial charge in [-0.2, -0.15) is 0 Å². The van der Waals surface area contributed by atoms with Gasteiger partial charge in [0.1, 0.15) is 4.21 Å². The zero-order valence-electron chi connectivity index (χ0n) is 10.9. The van der Waals surface area contributed by atoms with Crippen LogP contribution in [0.4, 0.5) is 0 Å². The van der Waals surface area contributed by atoms with Gasteiger partial charge in [-0.25, -0.2) is 8.42 Å². The van der Waals surface area contributed by atoms with E-state index in [0.717, 1.165) is 16.9 Å². The first kappa shape index (κ1) is 16.3. The van der Waals surface area contributed by atoms with Gasteiger partial charge in [-0.05, 0) is 36.8 Å². The number of nitrogens with one attached hydrogen (secondary N) is 1. The van der Waals surface area contributed by atoms with Gasteiger partial charge >= 0.3 is 0 Å². The van der Waals surface area contributed by atoms with Crippen molar-refractivity contribution in [1.82, 2.24) is 5.32 Å². The van der Waals surface area contributed by atoms with Crippen LogP contribution in [0.1, 0.15) is 20.8 Å². The van der Waals surface area contributed by atoms with Crippen LogP contribution < -0.4 is 5.32 Å². The van der Waals surface area contributed by atoms with Crippen LogP contribution in [-0.4, -0.2) is 14.3 Å². The molecule has 0 saturated heterocycles. The SMILES string of the molecule is Cc1ccc(Cl)cc1C(=O)NCc1ccc(S(=O)(=O)Cl)s1. The van der Waals surface area contributed by atoms with E-state index in [1.54, 1.807) is 24.3 Å². The summed E-state index contributed by atoms with van der Waals surface area (Å²) in [5, 5.41) is 3.21. The number of carbonyl (C=O) groups is 1. The van der Waals surface area contributed by atoms with Gasteiger partial charge in [-0.1, -0.05) is 17.7 Å². The van der Waals surface area contributed by atoms with Crippen molar-refractivity contribution in [3.8, 4) is 0 Å². The molecule has 1 heterocycles. The predicted molar refractivity (Wildman–Crippen MR) is 84.7 cm³/mol. The number of hydrogen-bond donors (Lipinski definition) is 1. The Morgan fingerprint density at radius 3 is 2.62 bits per heavy atom. The maximum absolute atomic E-state index is 12.1. The Labute approximate surface area is 136 Å². The van der Waals surface area contributed by atoms with Crippen molar-refractivity contribution in [3.63, 3.8) is 0 Å². The quantitative estimate of drug-likeness (QED) is 0.844. The van der Waals surface area contributed by atoms with Gasteiger partial charge in [-0.3, -0.25) is 4.79 Å². The first-order valence-corrected chi connectivity index (χ1v) is 9.35. The van der Waals surface area contributed by atoms with Crippen molar-refractivity contribution in [1.29, 1.82) is 0 Å². The molecule has 0 spiro atoms. The maximum Gasteiger partial charge on any atom is 0.270 e. The summed E-state index contributed by atoms with van der Waals surface area (Å²) in [5.41, 5.74) is 1.30. The molecular weight excluding hydrogens is 353 g/mol. The first-order valence-electron chi connectivity index (χ1n) is 5.85. The Morgan fingerprint density at radius 2 is 2.00 bits per heavy atom. The van der Waals surface area contributed by atoms with Crippen LogP contribution in [0.15, 0.2) is 34.5 Å². The van der Waals surface area contributed by atoms with Gasteiger partial charge in [0.15, 0.2) is 0 Å². The molecule has 2 rings (SSSR count). The lowest BCUT2D eigenvalue weighted by Crippen LogP contribution is -2.23. The van der Waals surface area contributed by atoms with E-state index in [1.807, 2.05) is 6.92 Å². The van der Waals surface area contributed by atoms with Crippen LogP contribution in [0.5, 0.6) is 0 Å². The molecule has 4 nitrogen and oxygen atoms in total. The molecule has 8 heteroatoms. The van der Waals surface area contributed by atoms with Gasteiger partial charge in [0.25, 0.3) is 15.0 Å². The topological polar surface area (TPSA) is 63.2 Å². The number of aryl methyl sites for hydroxylation is 1. The Kier molecular flexibility index (Phi) is 4.93. The number of hydrogen-bond acceptors (Lipinski definition) is 4. The van der Waals surface area contributed by atoms with Crippen molar-refractivity contribution >= 4 is 48.6 Å². The monoisotopic (exact) mass is 363 g/mol. The number of carbonyl (C=O) groups excluding carboxylic acids is 1. The zero-order chi connectivity index (χ0) is 15.6. The van der Waals surface area contributed by atoms with E-state index in [2.05, 4.69) is 5.32 Å². The van der Waals surface area contributed by atoms with Gasteiger partial charge in [0.05, 0.1) is 6.54 Å². The van der Waals surface area contributed by atoms with Crippen LogP contribution in [0.3, 0.4) is 0 Å². The van der Waals surface area contributed by atoms with Crippen LogP contribution in [0, 0.1) is 6.92 Å². The van der Waals surface area contributed by atoms with Crippen LogP contribution >= 0.6 is 33.6 Å². The van der Waals surface area contributed by atoms with Crippen LogP contribution in [0.2, 0.25) is 5.02 Å². The first-order chi connectivity index (χ1) is 9.77. The molecule has 0 fully saturated rings. The third kappa shape index (κ3) is 4.20. The fourth-order valence-electron chi connectivity index (χ4n) is 1.69. The van der Waals surface area contributed by atoms with Crippen molar-refractivity contribution in [2.45, 2.75) is 17.7 Å². The molecule has 0 aliphatic rings. The minimum absolute atomic E-state index is 0.0624. The highest BCUT2D eigenvalue weighted by Crippen LogP contribution is 2.24. The normalized spacial score (nSPS) is 11.4. The minimum Gasteiger partial charge on any atom is -0.347 e. The molecule has 0 unspecified atom stereocenters. The number of thiophene rings is 1. The molecule has 0 radical (unpaired) electrons. The number of rotatable bonds is 4. The van der Waals surface area contributed by atoms with Gasteiger partial charge < -0.3 is 5.32 Å². The van der Waals surface area contributed by atoms with Gasteiger partial charge in [0.2, 0.25) is 0 Å². The van der Waals surface area contributed by atoms with Crippen LogP contribution in [-0.2, 0) is 15.6 Å². The fraction of sp³-hybridized carbons (Fsp3) is 0.154. The standard InChI is InChI=1S/C13H11Cl2NO3S2/c1-8-2-3-9(14)6-11(8)13(17)16-7-10-4-5-12(20-10)21(15,18)19/h2-6H,7H2,1H3,(H,16,17). The van der Waals surface area contributed by atoms with E-state index >= 15 is 0 Å². The number of halogens is 2. The Bertz CT molecular complexity index is 784. The Balaban J connectivity index is 2.08. The third-order valence-corrected chi connectivity index (χ3v) is 6.16. The lowest BCUT2D eigenvalue weighted by molar-refractivity contribution is 0.0950. The minimum atomic E-state index is -3.72. The highest BCUT2D eigenvalue weighted by molar-refractivity contribution is 8.15. The number of benzene rings is 1.